The largest absolute Gasteiger partial charge is 0.481 e. The molecule has 0 amide bonds. The molecule has 0 saturated heterocycles. The molecule has 1 aromatic heterocycles. The van der Waals surface area contributed by atoms with Gasteiger partial charge in [0.15, 0.2) is 5.13 Å². The number of hydrogen-bond donors (Lipinski definition) is 2. The minimum absolute atomic E-state index is 0.226. The van der Waals surface area contributed by atoms with Crippen LogP contribution in [0.3, 0.4) is 0 Å². The third kappa shape index (κ3) is 3.31. The Labute approximate surface area is 94.5 Å². The number of hydrogen-bond acceptors (Lipinski definition) is 7. The molecule has 1 unspecified atom stereocenters. The van der Waals surface area contributed by atoms with Crippen molar-refractivity contribution in [2.24, 2.45) is 5.16 Å². The Bertz CT molecular complexity index is 404. The van der Waals surface area contributed by atoms with E-state index in [4.69, 9.17) is 10.8 Å². The standard InChI is InChI=1S/C8H8N3O4S/c9-8-11-6(4-16-8)5(7(13)14)3-15-10-1-2-12/h1,4-5H,3H2,(H2,9,11)(H,13,14). The topological polar surface area (TPSA) is 115 Å². The Morgan fingerprint density at radius 2 is 2.62 bits per heavy atom. The number of anilines is 1. The van der Waals surface area contributed by atoms with Gasteiger partial charge in [-0.3, -0.25) is 9.59 Å². The highest BCUT2D eigenvalue weighted by molar-refractivity contribution is 7.13. The normalized spacial score (nSPS) is 12.5. The van der Waals surface area contributed by atoms with Crippen LogP contribution < -0.4 is 5.73 Å². The van der Waals surface area contributed by atoms with E-state index in [9.17, 15) is 9.59 Å². The molecule has 0 aliphatic carbocycles. The lowest BCUT2D eigenvalue weighted by atomic mass is 10.1. The summed E-state index contributed by atoms with van der Waals surface area (Å²) < 4.78 is 0. The monoisotopic (exact) mass is 242 g/mol. The summed E-state index contributed by atoms with van der Waals surface area (Å²) >= 11 is 1.14. The van der Waals surface area contributed by atoms with Gasteiger partial charge in [0.2, 0.25) is 6.29 Å². The van der Waals surface area contributed by atoms with Crippen LogP contribution >= 0.6 is 11.3 Å². The molecule has 0 spiro atoms. The number of thiazole rings is 1. The number of nitrogens with two attached hydrogens (primary N) is 1. The number of carboxylic acid groups (broad SMARTS) is 1. The molecule has 0 saturated carbocycles. The van der Waals surface area contributed by atoms with E-state index in [-0.39, 0.29) is 11.7 Å². The van der Waals surface area contributed by atoms with Crippen LogP contribution in [0.5, 0.6) is 0 Å². The van der Waals surface area contributed by atoms with Crippen LogP contribution in [0.1, 0.15) is 11.6 Å². The number of aromatic nitrogens is 1. The van der Waals surface area contributed by atoms with E-state index >= 15 is 0 Å². The highest BCUT2D eigenvalue weighted by Gasteiger charge is 2.23. The van der Waals surface area contributed by atoms with Gasteiger partial charge >= 0.3 is 5.97 Å². The van der Waals surface area contributed by atoms with E-state index in [1.54, 1.807) is 0 Å². The molecule has 1 aromatic rings. The molecule has 8 heteroatoms. The molecular weight excluding hydrogens is 234 g/mol. The summed E-state index contributed by atoms with van der Waals surface area (Å²) in [6.45, 7) is -0.226. The molecule has 1 rings (SSSR count). The van der Waals surface area contributed by atoms with Gasteiger partial charge in [-0.2, -0.15) is 0 Å². The first-order valence-corrected chi connectivity index (χ1v) is 4.98. The molecule has 3 N–H and O–H groups in total. The molecule has 0 aliphatic heterocycles. The zero-order valence-electron chi connectivity index (χ0n) is 7.99. The minimum atomic E-state index is -1.10. The molecule has 0 fully saturated rings. The zero-order valence-corrected chi connectivity index (χ0v) is 8.81. The van der Waals surface area contributed by atoms with Crippen molar-refractivity contribution in [2.75, 3.05) is 12.3 Å². The second kappa shape index (κ2) is 5.81. The fourth-order valence-electron chi connectivity index (χ4n) is 0.920. The molecule has 16 heavy (non-hydrogen) atoms. The molecular formula is C8H8N3O4S. The Morgan fingerprint density at radius 3 is 3.12 bits per heavy atom. The maximum Gasteiger partial charge on any atom is 0.316 e. The van der Waals surface area contributed by atoms with E-state index in [2.05, 4.69) is 15.0 Å². The average molecular weight is 242 g/mol. The van der Waals surface area contributed by atoms with Crippen molar-refractivity contribution >= 4 is 34.9 Å². The summed E-state index contributed by atoms with van der Waals surface area (Å²) in [5, 5.41) is 13.9. The predicted molar refractivity (Wildman–Crippen MR) is 57.0 cm³/mol. The predicted octanol–water partition coefficient (Wildman–Crippen LogP) is 0.00560. The minimum Gasteiger partial charge on any atom is -0.481 e. The summed E-state index contributed by atoms with van der Waals surface area (Å²) in [5.74, 6) is -2.06. The lowest BCUT2D eigenvalue weighted by Crippen LogP contribution is -2.17. The van der Waals surface area contributed by atoms with E-state index in [0.717, 1.165) is 17.6 Å². The van der Waals surface area contributed by atoms with Crippen LogP contribution in [-0.4, -0.2) is 35.2 Å². The van der Waals surface area contributed by atoms with Crippen LogP contribution in [0.25, 0.3) is 0 Å². The number of carboxylic acids is 1. The maximum atomic E-state index is 10.9. The number of nitrogen functional groups attached to an aromatic ring is 1. The van der Waals surface area contributed by atoms with Crippen molar-refractivity contribution in [3.63, 3.8) is 0 Å². The molecule has 0 aromatic carbocycles. The van der Waals surface area contributed by atoms with Crippen LogP contribution in [0.4, 0.5) is 5.13 Å². The summed E-state index contributed by atoms with van der Waals surface area (Å²) in [5.41, 5.74) is 5.69. The fraction of sp³-hybridized carbons (Fsp3) is 0.250. The van der Waals surface area contributed by atoms with Gasteiger partial charge in [-0.05, 0) is 0 Å². The van der Waals surface area contributed by atoms with Crippen LogP contribution in [-0.2, 0) is 14.4 Å². The first-order chi connectivity index (χ1) is 7.65. The van der Waals surface area contributed by atoms with Crippen molar-refractivity contribution in [2.45, 2.75) is 5.92 Å². The maximum absolute atomic E-state index is 10.9. The molecule has 0 bridgehead atoms. The number of aliphatic carboxylic acids is 1. The highest BCUT2D eigenvalue weighted by atomic mass is 32.1. The summed E-state index contributed by atoms with van der Waals surface area (Å²) in [6.07, 6.45) is 2.13. The van der Waals surface area contributed by atoms with Gasteiger partial charge in [0.25, 0.3) is 0 Å². The third-order valence-corrected chi connectivity index (χ3v) is 2.31. The van der Waals surface area contributed by atoms with Gasteiger partial charge < -0.3 is 15.7 Å². The molecule has 1 heterocycles. The van der Waals surface area contributed by atoms with Crippen molar-refractivity contribution in [1.82, 2.24) is 4.98 Å². The van der Waals surface area contributed by atoms with E-state index in [1.165, 1.54) is 11.7 Å². The number of oxime groups is 1. The molecule has 7 nitrogen and oxygen atoms in total. The lowest BCUT2D eigenvalue weighted by Gasteiger charge is -2.07. The first-order valence-electron chi connectivity index (χ1n) is 4.10. The molecule has 0 aliphatic rings. The number of carbonyl (C=O) groups excluding carboxylic acids is 1. The van der Waals surface area contributed by atoms with Crippen molar-refractivity contribution in [1.29, 1.82) is 0 Å². The van der Waals surface area contributed by atoms with Crippen LogP contribution in [0.2, 0.25) is 0 Å². The van der Waals surface area contributed by atoms with Crippen molar-refractivity contribution < 1.29 is 19.5 Å². The van der Waals surface area contributed by atoms with E-state index in [0.29, 0.717) is 5.69 Å². The second-order valence-electron chi connectivity index (χ2n) is 2.65. The highest BCUT2D eigenvalue weighted by Crippen LogP contribution is 2.20. The van der Waals surface area contributed by atoms with Gasteiger partial charge in [-0.1, -0.05) is 5.16 Å². The molecule has 85 valence electrons. The third-order valence-electron chi connectivity index (χ3n) is 1.62. The van der Waals surface area contributed by atoms with Gasteiger partial charge in [-0.15, -0.1) is 11.3 Å². The van der Waals surface area contributed by atoms with Crippen molar-refractivity contribution in [3.8, 4) is 0 Å². The Morgan fingerprint density at radius 1 is 1.88 bits per heavy atom. The quantitative estimate of drug-likeness (QED) is 0.536. The summed E-state index contributed by atoms with van der Waals surface area (Å²) in [4.78, 5) is 29.1. The van der Waals surface area contributed by atoms with E-state index in [1.807, 2.05) is 0 Å². The second-order valence-corrected chi connectivity index (χ2v) is 3.54. The Kier molecular flexibility index (Phi) is 4.40. The summed E-state index contributed by atoms with van der Waals surface area (Å²) in [7, 11) is 0. The average Bonchev–Trinajstić information content (AvgIpc) is 2.64. The van der Waals surface area contributed by atoms with Gasteiger partial charge in [0, 0.05) is 5.38 Å². The van der Waals surface area contributed by atoms with Crippen LogP contribution in [0, 0.1) is 0 Å². The number of carbonyl (C=O) groups is 1. The zero-order chi connectivity index (χ0) is 12.0. The first kappa shape index (κ1) is 12.1. The number of rotatable bonds is 6. The van der Waals surface area contributed by atoms with Gasteiger partial charge in [-0.25, -0.2) is 4.98 Å². The SMILES string of the molecule is Nc1nc(C(CON=C[C]=O)C(=O)O)cs1. The Balaban J connectivity index is 2.65. The number of nitrogens with zero attached hydrogens (tertiary/aromatic N) is 2. The lowest BCUT2D eigenvalue weighted by molar-refractivity contribution is -0.140. The van der Waals surface area contributed by atoms with Gasteiger partial charge in [0.05, 0.1) is 5.69 Å². The van der Waals surface area contributed by atoms with Crippen molar-refractivity contribution in [3.05, 3.63) is 11.1 Å². The molecule has 1 atom stereocenters. The Hall–Kier alpha value is -1.96. The van der Waals surface area contributed by atoms with Crippen LogP contribution in [0.15, 0.2) is 10.5 Å². The molecule has 1 radical (unpaired) electrons. The van der Waals surface area contributed by atoms with Gasteiger partial charge in [0.1, 0.15) is 18.7 Å². The van der Waals surface area contributed by atoms with E-state index < -0.39 is 11.9 Å². The fourth-order valence-corrected chi connectivity index (χ4v) is 1.54. The summed E-state index contributed by atoms with van der Waals surface area (Å²) in [6, 6.07) is 0. The smallest absolute Gasteiger partial charge is 0.316 e.